The maximum atomic E-state index is 12.0. The fraction of sp³-hybridized carbons (Fsp3) is 0.0667. The molecular formula is C15H12ClN3O5. The minimum atomic E-state index is -0.721. The lowest BCUT2D eigenvalue weighted by molar-refractivity contribution is -0.385. The van der Waals surface area contributed by atoms with Crippen LogP contribution in [0.1, 0.15) is 20.7 Å². The number of carbonyl (C=O) groups is 2. The molecule has 0 bridgehead atoms. The van der Waals surface area contributed by atoms with Crippen LogP contribution in [0.4, 0.5) is 5.69 Å². The van der Waals surface area contributed by atoms with Crippen LogP contribution in [-0.4, -0.2) is 23.8 Å². The smallest absolute Gasteiger partial charge is 0.311 e. The number of rotatable bonds is 4. The number of methoxy groups -OCH3 is 1. The normalized spacial score (nSPS) is 9.92. The van der Waals surface area contributed by atoms with E-state index in [2.05, 4.69) is 10.9 Å². The number of nitro groups is 1. The van der Waals surface area contributed by atoms with Gasteiger partial charge in [-0.25, -0.2) is 0 Å². The van der Waals surface area contributed by atoms with E-state index in [0.29, 0.717) is 0 Å². The topological polar surface area (TPSA) is 111 Å². The first-order valence-electron chi connectivity index (χ1n) is 6.61. The second-order valence-corrected chi connectivity index (χ2v) is 4.94. The van der Waals surface area contributed by atoms with Crippen molar-refractivity contribution in [3.63, 3.8) is 0 Å². The van der Waals surface area contributed by atoms with Crippen molar-refractivity contribution < 1.29 is 19.2 Å². The molecule has 2 aromatic rings. The number of hydrogen-bond acceptors (Lipinski definition) is 5. The predicted octanol–water partition coefficient (Wildman–Crippen LogP) is 2.33. The number of nitrogens with zero attached hydrogens (tertiary/aromatic N) is 1. The number of halogens is 1. The average molecular weight is 350 g/mol. The number of ether oxygens (including phenoxy) is 1. The van der Waals surface area contributed by atoms with Crippen molar-refractivity contribution in [3.8, 4) is 5.75 Å². The van der Waals surface area contributed by atoms with Gasteiger partial charge in [0.2, 0.25) is 0 Å². The Morgan fingerprint density at radius 1 is 1.12 bits per heavy atom. The van der Waals surface area contributed by atoms with E-state index in [-0.39, 0.29) is 27.6 Å². The lowest BCUT2D eigenvalue weighted by Crippen LogP contribution is -2.41. The molecule has 0 atom stereocenters. The van der Waals surface area contributed by atoms with E-state index < -0.39 is 16.7 Å². The number of amides is 2. The van der Waals surface area contributed by atoms with Gasteiger partial charge in [-0.05, 0) is 24.3 Å². The van der Waals surface area contributed by atoms with Gasteiger partial charge in [0, 0.05) is 11.6 Å². The molecule has 8 nitrogen and oxygen atoms in total. The molecule has 2 N–H and O–H groups in total. The molecule has 0 heterocycles. The van der Waals surface area contributed by atoms with E-state index >= 15 is 0 Å². The third kappa shape index (κ3) is 3.79. The van der Waals surface area contributed by atoms with Gasteiger partial charge >= 0.3 is 5.69 Å². The Morgan fingerprint density at radius 2 is 1.79 bits per heavy atom. The van der Waals surface area contributed by atoms with Gasteiger partial charge in [0.05, 0.1) is 22.6 Å². The summed E-state index contributed by atoms with van der Waals surface area (Å²) in [4.78, 5) is 34.2. The molecule has 0 spiro atoms. The zero-order chi connectivity index (χ0) is 17.7. The van der Waals surface area contributed by atoms with Gasteiger partial charge in [-0.1, -0.05) is 23.7 Å². The Bertz CT molecular complexity index is 809. The molecule has 0 saturated carbocycles. The van der Waals surface area contributed by atoms with E-state index in [9.17, 15) is 19.7 Å². The van der Waals surface area contributed by atoms with Gasteiger partial charge < -0.3 is 4.74 Å². The van der Waals surface area contributed by atoms with Gasteiger partial charge in [-0.2, -0.15) is 0 Å². The van der Waals surface area contributed by atoms with Crippen LogP contribution in [-0.2, 0) is 0 Å². The summed E-state index contributed by atoms with van der Waals surface area (Å²) in [7, 11) is 1.28. The molecule has 0 radical (unpaired) electrons. The van der Waals surface area contributed by atoms with Crippen molar-refractivity contribution in [1.82, 2.24) is 10.9 Å². The van der Waals surface area contributed by atoms with Crippen molar-refractivity contribution in [2.24, 2.45) is 0 Å². The van der Waals surface area contributed by atoms with Crippen molar-refractivity contribution in [2.45, 2.75) is 0 Å². The van der Waals surface area contributed by atoms with Crippen molar-refractivity contribution in [3.05, 3.63) is 68.7 Å². The van der Waals surface area contributed by atoms with Gasteiger partial charge in [-0.15, -0.1) is 0 Å². The molecule has 2 amide bonds. The summed E-state index contributed by atoms with van der Waals surface area (Å²) in [5, 5.41) is 11.2. The number of nitro benzene ring substituents is 1. The second-order valence-electron chi connectivity index (χ2n) is 4.53. The molecule has 0 unspecified atom stereocenters. The fourth-order valence-electron chi connectivity index (χ4n) is 1.87. The van der Waals surface area contributed by atoms with E-state index in [0.717, 1.165) is 6.07 Å². The third-order valence-electron chi connectivity index (χ3n) is 3.05. The largest absolute Gasteiger partial charge is 0.490 e. The molecule has 24 heavy (non-hydrogen) atoms. The van der Waals surface area contributed by atoms with Crippen LogP contribution in [0.5, 0.6) is 5.75 Å². The van der Waals surface area contributed by atoms with E-state index in [1.54, 1.807) is 12.1 Å². The first-order valence-corrected chi connectivity index (χ1v) is 6.99. The highest BCUT2D eigenvalue weighted by Gasteiger charge is 2.18. The molecule has 2 aromatic carbocycles. The number of carbonyl (C=O) groups excluding carboxylic acids is 2. The predicted molar refractivity (Wildman–Crippen MR) is 86.0 cm³/mol. The first kappa shape index (κ1) is 17.2. The standard InChI is InChI=1S/C15H12ClN3O5/c1-24-13-7-6-9(8-12(13)19(22)23)14(20)17-18-15(21)10-4-2-3-5-11(10)16/h2-8H,1H3,(H,17,20)(H,18,21). The molecule has 0 aliphatic rings. The maximum Gasteiger partial charge on any atom is 0.311 e. The molecule has 0 aliphatic heterocycles. The van der Waals surface area contributed by atoms with Gasteiger partial charge in [0.25, 0.3) is 11.8 Å². The van der Waals surface area contributed by atoms with Crippen LogP contribution in [0.25, 0.3) is 0 Å². The Kier molecular flexibility index (Phi) is 5.33. The quantitative estimate of drug-likeness (QED) is 0.650. The van der Waals surface area contributed by atoms with Gasteiger partial charge in [0.1, 0.15) is 0 Å². The Morgan fingerprint density at radius 3 is 2.42 bits per heavy atom. The van der Waals surface area contributed by atoms with Crippen LogP contribution >= 0.6 is 11.6 Å². The zero-order valence-corrected chi connectivity index (χ0v) is 13.2. The summed E-state index contributed by atoms with van der Waals surface area (Å²) in [5.41, 5.74) is 4.17. The highest BCUT2D eigenvalue weighted by atomic mass is 35.5. The molecule has 124 valence electrons. The van der Waals surface area contributed by atoms with E-state index in [4.69, 9.17) is 16.3 Å². The lowest BCUT2D eigenvalue weighted by Gasteiger charge is -2.09. The van der Waals surface area contributed by atoms with Crippen LogP contribution < -0.4 is 15.6 Å². The molecule has 2 rings (SSSR count). The van der Waals surface area contributed by atoms with E-state index in [1.165, 1.54) is 31.4 Å². The fourth-order valence-corrected chi connectivity index (χ4v) is 2.09. The minimum Gasteiger partial charge on any atom is -0.490 e. The molecule has 0 saturated heterocycles. The second kappa shape index (κ2) is 7.42. The van der Waals surface area contributed by atoms with Crippen LogP contribution in [0.2, 0.25) is 5.02 Å². The monoisotopic (exact) mass is 349 g/mol. The lowest BCUT2D eigenvalue weighted by atomic mass is 10.2. The molecule has 9 heteroatoms. The highest BCUT2D eigenvalue weighted by molar-refractivity contribution is 6.33. The van der Waals surface area contributed by atoms with Crippen molar-refractivity contribution in [1.29, 1.82) is 0 Å². The highest BCUT2D eigenvalue weighted by Crippen LogP contribution is 2.27. The molecule has 0 aliphatic carbocycles. The third-order valence-corrected chi connectivity index (χ3v) is 3.38. The summed E-state index contributed by atoms with van der Waals surface area (Å²) in [6.45, 7) is 0. The molecular weight excluding hydrogens is 338 g/mol. The Hall–Kier alpha value is -3.13. The summed E-state index contributed by atoms with van der Waals surface area (Å²) < 4.78 is 4.85. The van der Waals surface area contributed by atoms with Gasteiger partial charge in [-0.3, -0.25) is 30.6 Å². The molecule has 0 fully saturated rings. The minimum absolute atomic E-state index is 0.0121. The van der Waals surface area contributed by atoms with Crippen LogP contribution in [0.3, 0.4) is 0 Å². The van der Waals surface area contributed by atoms with Crippen LogP contribution in [0, 0.1) is 10.1 Å². The summed E-state index contributed by atoms with van der Waals surface area (Å²) in [5.74, 6) is -1.31. The SMILES string of the molecule is COc1ccc(C(=O)NNC(=O)c2ccccc2Cl)cc1[N+](=O)[O-]. The number of hydrogen-bond donors (Lipinski definition) is 2. The zero-order valence-electron chi connectivity index (χ0n) is 12.4. The van der Waals surface area contributed by atoms with Crippen molar-refractivity contribution in [2.75, 3.05) is 7.11 Å². The summed E-state index contributed by atoms with van der Waals surface area (Å²) in [6.07, 6.45) is 0. The first-order chi connectivity index (χ1) is 11.4. The molecule has 0 aromatic heterocycles. The Labute approximate surface area is 141 Å². The number of nitrogens with one attached hydrogen (secondary N) is 2. The average Bonchev–Trinajstić information content (AvgIpc) is 2.59. The van der Waals surface area contributed by atoms with Gasteiger partial charge in [0.15, 0.2) is 5.75 Å². The van der Waals surface area contributed by atoms with Crippen LogP contribution in [0.15, 0.2) is 42.5 Å². The Balaban J connectivity index is 2.10. The summed E-state index contributed by atoms with van der Waals surface area (Å²) in [6, 6.07) is 9.98. The number of hydrazine groups is 1. The van der Waals surface area contributed by atoms with E-state index in [1.807, 2.05) is 0 Å². The number of benzene rings is 2. The maximum absolute atomic E-state index is 12.0. The summed E-state index contributed by atoms with van der Waals surface area (Å²) >= 11 is 5.88. The van der Waals surface area contributed by atoms with Crippen molar-refractivity contribution >= 4 is 29.1 Å².